The standard InChI is InChI=1S/C24H23BrN2O4/c1-16(2)31-22-13-12-18(25)14-20(22)24(29)27-26-23(28)15-30-21-11-7-6-10-19(21)17-8-4-3-5-9-17/h3-14,16H,15H2,1-2H3,(H,26,28)(H,27,29). The highest BCUT2D eigenvalue weighted by Gasteiger charge is 2.16. The molecule has 7 heteroatoms. The van der Waals surface area contributed by atoms with Crippen molar-refractivity contribution in [1.82, 2.24) is 10.9 Å². The Hall–Kier alpha value is -3.32. The number of nitrogens with one attached hydrogen (secondary N) is 2. The third-order valence-electron chi connectivity index (χ3n) is 4.19. The lowest BCUT2D eigenvalue weighted by Crippen LogP contribution is -2.44. The quantitative estimate of drug-likeness (QED) is 0.476. The molecule has 0 aliphatic rings. The number of rotatable bonds is 7. The van der Waals surface area contributed by atoms with Crippen molar-refractivity contribution in [2.45, 2.75) is 20.0 Å². The molecule has 0 saturated carbocycles. The largest absolute Gasteiger partial charge is 0.490 e. The molecule has 0 aliphatic heterocycles. The normalized spacial score (nSPS) is 10.5. The Kier molecular flexibility index (Phi) is 7.67. The summed E-state index contributed by atoms with van der Waals surface area (Å²) in [4.78, 5) is 24.8. The average Bonchev–Trinajstić information content (AvgIpc) is 2.77. The second-order valence-corrected chi connectivity index (χ2v) is 7.88. The number of amides is 2. The maximum absolute atomic E-state index is 12.5. The van der Waals surface area contributed by atoms with Crippen molar-refractivity contribution in [3.63, 3.8) is 0 Å². The van der Waals surface area contributed by atoms with Crippen LogP contribution >= 0.6 is 15.9 Å². The number of carbonyl (C=O) groups excluding carboxylic acids is 2. The number of halogens is 1. The van der Waals surface area contributed by atoms with Crippen molar-refractivity contribution in [1.29, 1.82) is 0 Å². The molecule has 2 amide bonds. The van der Waals surface area contributed by atoms with E-state index >= 15 is 0 Å². The summed E-state index contributed by atoms with van der Waals surface area (Å²) >= 11 is 3.34. The van der Waals surface area contributed by atoms with Crippen molar-refractivity contribution >= 4 is 27.7 Å². The Balaban J connectivity index is 1.60. The molecule has 0 radical (unpaired) electrons. The number of benzene rings is 3. The summed E-state index contributed by atoms with van der Waals surface area (Å²) < 4.78 is 12.1. The average molecular weight is 483 g/mol. The van der Waals surface area contributed by atoms with Gasteiger partial charge in [0.15, 0.2) is 6.61 Å². The summed E-state index contributed by atoms with van der Waals surface area (Å²) in [6.07, 6.45) is -0.0969. The first-order chi connectivity index (χ1) is 14.9. The zero-order valence-corrected chi connectivity index (χ0v) is 18.8. The van der Waals surface area contributed by atoms with Gasteiger partial charge in [-0.05, 0) is 43.7 Å². The lowest BCUT2D eigenvalue weighted by molar-refractivity contribution is -0.123. The molecule has 160 valence electrons. The van der Waals surface area contributed by atoms with E-state index in [4.69, 9.17) is 9.47 Å². The smallest absolute Gasteiger partial charge is 0.276 e. The maximum Gasteiger partial charge on any atom is 0.276 e. The van der Waals surface area contributed by atoms with Gasteiger partial charge < -0.3 is 9.47 Å². The van der Waals surface area contributed by atoms with Crippen LogP contribution in [0.1, 0.15) is 24.2 Å². The van der Waals surface area contributed by atoms with Crippen LogP contribution in [0.3, 0.4) is 0 Å². The number of hydrogen-bond donors (Lipinski definition) is 2. The van der Waals surface area contributed by atoms with Gasteiger partial charge in [-0.15, -0.1) is 0 Å². The Morgan fingerprint density at radius 2 is 1.61 bits per heavy atom. The van der Waals surface area contributed by atoms with Gasteiger partial charge in [-0.2, -0.15) is 0 Å². The third kappa shape index (κ3) is 6.33. The Morgan fingerprint density at radius 1 is 0.903 bits per heavy atom. The summed E-state index contributed by atoms with van der Waals surface area (Å²) in [6.45, 7) is 3.49. The van der Waals surface area contributed by atoms with Gasteiger partial charge in [0.1, 0.15) is 11.5 Å². The van der Waals surface area contributed by atoms with Crippen LogP contribution in [0, 0.1) is 0 Å². The number of hydrazine groups is 1. The van der Waals surface area contributed by atoms with E-state index < -0.39 is 11.8 Å². The molecule has 3 rings (SSSR count). The van der Waals surface area contributed by atoms with Crippen molar-refractivity contribution < 1.29 is 19.1 Å². The second kappa shape index (κ2) is 10.6. The molecule has 0 heterocycles. The highest BCUT2D eigenvalue weighted by Crippen LogP contribution is 2.29. The van der Waals surface area contributed by atoms with Crippen molar-refractivity contribution in [2.75, 3.05) is 6.61 Å². The van der Waals surface area contributed by atoms with E-state index in [1.807, 2.05) is 62.4 Å². The molecule has 0 aliphatic carbocycles. The Morgan fingerprint density at radius 3 is 2.35 bits per heavy atom. The lowest BCUT2D eigenvalue weighted by atomic mass is 10.1. The first kappa shape index (κ1) is 22.4. The molecule has 3 aromatic carbocycles. The van der Waals surface area contributed by atoms with E-state index in [2.05, 4.69) is 26.8 Å². The monoisotopic (exact) mass is 482 g/mol. The van der Waals surface area contributed by atoms with Gasteiger partial charge in [-0.3, -0.25) is 20.4 Å². The predicted octanol–water partition coefficient (Wildman–Crippen LogP) is 4.74. The van der Waals surface area contributed by atoms with E-state index in [0.29, 0.717) is 17.1 Å². The van der Waals surface area contributed by atoms with Crippen molar-refractivity contribution in [3.05, 3.63) is 82.8 Å². The van der Waals surface area contributed by atoms with E-state index in [-0.39, 0.29) is 12.7 Å². The topological polar surface area (TPSA) is 76.7 Å². The minimum atomic E-state index is -0.491. The van der Waals surface area contributed by atoms with Crippen LogP contribution in [0.15, 0.2) is 77.3 Å². The molecule has 0 aromatic heterocycles. The summed E-state index contributed by atoms with van der Waals surface area (Å²) in [5, 5.41) is 0. The fourth-order valence-electron chi connectivity index (χ4n) is 2.86. The summed E-state index contributed by atoms with van der Waals surface area (Å²) in [5.74, 6) is 0.0281. The van der Waals surface area contributed by atoms with Crippen LogP contribution in [0.5, 0.6) is 11.5 Å². The molecule has 0 bridgehead atoms. The van der Waals surface area contributed by atoms with Crippen molar-refractivity contribution in [2.24, 2.45) is 0 Å². The minimum absolute atomic E-state index is 0.0969. The fraction of sp³-hybridized carbons (Fsp3) is 0.167. The molecule has 0 atom stereocenters. The van der Waals surface area contributed by atoms with Crippen LogP contribution in [0.4, 0.5) is 0 Å². The molecule has 0 unspecified atom stereocenters. The Bertz CT molecular complexity index is 1050. The fourth-order valence-corrected chi connectivity index (χ4v) is 3.22. The molecule has 6 nitrogen and oxygen atoms in total. The van der Waals surface area contributed by atoms with Crippen LogP contribution in [0.25, 0.3) is 11.1 Å². The predicted molar refractivity (Wildman–Crippen MR) is 123 cm³/mol. The highest BCUT2D eigenvalue weighted by atomic mass is 79.9. The number of carbonyl (C=O) groups is 2. The van der Waals surface area contributed by atoms with Gasteiger partial charge in [0.05, 0.1) is 11.7 Å². The summed E-state index contributed by atoms with van der Waals surface area (Å²) in [5.41, 5.74) is 6.95. The second-order valence-electron chi connectivity index (χ2n) is 6.96. The molecular weight excluding hydrogens is 460 g/mol. The van der Waals surface area contributed by atoms with Crippen LogP contribution < -0.4 is 20.3 Å². The van der Waals surface area contributed by atoms with Gasteiger partial charge in [0.2, 0.25) is 0 Å². The molecule has 0 fully saturated rings. The van der Waals surface area contributed by atoms with Crippen LogP contribution in [0.2, 0.25) is 0 Å². The third-order valence-corrected chi connectivity index (χ3v) is 4.69. The van der Waals surface area contributed by atoms with Gasteiger partial charge in [-0.25, -0.2) is 0 Å². The molecule has 0 saturated heterocycles. The van der Waals surface area contributed by atoms with Gasteiger partial charge in [0.25, 0.3) is 11.8 Å². The SMILES string of the molecule is CC(C)Oc1ccc(Br)cc1C(=O)NNC(=O)COc1ccccc1-c1ccccc1. The number of para-hydroxylation sites is 1. The van der Waals surface area contributed by atoms with E-state index in [0.717, 1.165) is 15.6 Å². The zero-order valence-electron chi connectivity index (χ0n) is 17.2. The molecule has 31 heavy (non-hydrogen) atoms. The molecule has 0 spiro atoms. The summed E-state index contributed by atoms with van der Waals surface area (Å²) in [7, 11) is 0. The van der Waals surface area contributed by atoms with Gasteiger partial charge >= 0.3 is 0 Å². The van der Waals surface area contributed by atoms with E-state index in [9.17, 15) is 9.59 Å². The Labute approximate surface area is 189 Å². The van der Waals surface area contributed by atoms with Gasteiger partial charge in [-0.1, -0.05) is 64.5 Å². The van der Waals surface area contributed by atoms with Crippen molar-refractivity contribution in [3.8, 4) is 22.6 Å². The summed E-state index contributed by atoms with van der Waals surface area (Å²) in [6, 6.07) is 22.3. The van der Waals surface area contributed by atoms with Crippen LogP contribution in [-0.4, -0.2) is 24.5 Å². The first-order valence-corrected chi connectivity index (χ1v) is 10.6. The molecule has 2 N–H and O–H groups in total. The minimum Gasteiger partial charge on any atom is -0.490 e. The highest BCUT2D eigenvalue weighted by molar-refractivity contribution is 9.10. The zero-order chi connectivity index (χ0) is 22.2. The first-order valence-electron chi connectivity index (χ1n) is 9.76. The maximum atomic E-state index is 12.5. The van der Waals surface area contributed by atoms with E-state index in [1.54, 1.807) is 24.3 Å². The van der Waals surface area contributed by atoms with Crippen LogP contribution in [-0.2, 0) is 4.79 Å². The number of ether oxygens (including phenoxy) is 2. The van der Waals surface area contributed by atoms with Gasteiger partial charge in [0, 0.05) is 10.0 Å². The molecular formula is C24H23BrN2O4. The number of hydrogen-bond acceptors (Lipinski definition) is 4. The van der Waals surface area contributed by atoms with E-state index in [1.165, 1.54) is 0 Å². The molecule has 3 aromatic rings. The lowest BCUT2D eigenvalue weighted by Gasteiger charge is -2.15.